The Kier molecular flexibility index (Phi) is 5.65. The molecule has 1 atom stereocenters. The van der Waals surface area contributed by atoms with Crippen LogP contribution in [0.3, 0.4) is 0 Å². The monoisotopic (exact) mass is 422 g/mol. The zero-order chi connectivity index (χ0) is 22.0. The highest BCUT2D eigenvalue weighted by Crippen LogP contribution is 2.29. The zero-order valence-corrected chi connectivity index (χ0v) is 17.7. The zero-order valence-electron chi connectivity index (χ0n) is 17.7. The quantitative estimate of drug-likeness (QED) is 0.722. The van der Waals surface area contributed by atoms with Gasteiger partial charge in [-0.05, 0) is 43.7 Å². The Morgan fingerprint density at radius 1 is 1.06 bits per heavy atom. The summed E-state index contributed by atoms with van der Waals surface area (Å²) in [5, 5.41) is 5.48. The largest absolute Gasteiger partial charge is 0.378 e. The van der Waals surface area contributed by atoms with Gasteiger partial charge in [0.05, 0.1) is 13.2 Å². The predicted molar refractivity (Wildman–Crippen MR) is 117 cm³/mol. The van der Waals surface area contributed by atoms with Crippen LogP contribution in [-0.4, -0.2) is 55.6 Å². The fraction of sp³-hybridized carbons (Fsp3) is 0.348. The maximum Gasteiger partial charge on any atom is 0.325 e. The minimum Gasteiger partial charge on any atom is -0.378 e. The molecule has 8 nitrogen and oxygen atoms in total. The molecule has 0 unspecified atom stereocenters. The topological polar surface area (TPSA) is 91.0 Å². The molecule has 8 heteroatoms. The number of rotatable bonds is 5. The Morgan fingerprint density at radius 2 is 1.71 bits per heavy atom. The van der Waals surface area contributed by atoms with E-state index in [1.807, 2.05) is 55.5 Å². The molecule has 2 aromatic carbocycles. The van der Waals surface area contributed by atoms with Crippen LogP contribution in [0.4, 0.5) is 16.2 Å². The number of hydrogen-bond acceptors (Lipinski definition) is 5. The Balaban J connectivity index is 1.39. The molecule has 0 bridgehead atoms. The number of urea groups is 1. The molecule has 4 amide bonds. The van der Waals surface area contributed by atoms with Gasteiger partial charge in [-0.1, -0.05) is 29.8 Å². The predicted octanol–water partition coefficient (Wildman–Crippen LogP) is 2.24. The van der Waals surface area contributed by atoms with E-state index in [-0.39, 0.29) is 6.54 Å². The highest BCUT2D eigenvalue weighted by Gasteiger charge is 2.49. The summed E-state index contributed by atoms with van der Waals surface area (Å²) in [6.07, 6.45) is 0. The lowest BCUT2D eigenvalue weighted by Crippen LogP contribution is -2.42. The van der Waals surface area contributed by atoms with Crippen LogP contribution in [0, 0.1) is 6.92 Å². The van der Waals surface area contributed by atoms with Gasteiger partial charge in [-0.2, -0.15) is 0 Å². The molecule has 0 aliphatic carbocycles. The van der Waals surface area contributed by atoms with Gasteiger partial charge in [-0.25, -0.2) is 4.79 Å². The van der Waals surface area contributed by atoms with Gasteiger partial charge in [-0.3, -0.25) is 14.5 Å². The molecule has 2 aromatic rings. The van der Waals surface area contributed by atoms with E-state index < -0.39 is 23.4 Å². The highest BCUT2D eigenvalue weighted by molar-refractivity contribution is 6.10. The molecule has 0 spiro atoms. The Morgan fingerprint density at radius 3 is 2.35 bits per heavy atom. The lowest BCUT2D eigenvalue weighted by atomic mass is 9.91. The van der Waals surface area contributed by atoms with Gasteiger partial charge in [0.2, 0.25) is 5.91 Å². The number of morpholine rings is 1. The first-order chi connectivity index (χ1) is 14.9. The first-order valence-electron chi connectivity index (χ1n) is 10.3. The maximum atomic E-state index is 13.0. The number of hydrogen-bond donors (Lipinski definition) is 2. The van der Waals surface area contributed by atoms with E-state index in [2.05, 4.69) is 15.5 Å². The lowest BCUT2D eigenvalue weighted by Gasteiger charge is -2.28. The molecule has 0 aromatic heterocycles. The maximum absolute atomic E-state index is 13.0. The van der Waals surface area contributed by atoms with Crippen molar-refractivity contribution < 1.29 is 19.1 Å². The molecule has 2 saturated heterocycles. The van der Waals surface area contributed by atoms with Crippen LogP contribution in [0.2, 0.25) is 0 Å². The van der Waals surface area contributed by atoms with Crippen LogP contribution in [0.5, 0.6) is 0 Å². The second-order valence-corrected chi connectivity index (χ2v) is 8.01. The van der Waals surface area contributed by atoms with Crippen LogP contribution in [-0.2, 0) is 19.9 Å². The second-order valence-electron chi connectivity index (χ2n) is 8.01. The van der Waals surface area contributed by atoms with E-state index >= 15 is 0 Å². The van der Waals surface area contributed by atoms with E-state index in [9.17, 15) is 14.4 Å². The Labute approximate surface area is 181 Å². The van der Waals surface area contributed by atoms with Gasteiger partial charge < -0.3 is 20.3 Å². The van der Waals surface area contributed by atoms with Crippen LogP contribution in [0.25, 0.3) is 0 Å². The van der Waals surface area contributed by atoms with Crippen molar-refractivity contribution in [2.24, 2.45) is 0 Å². The number of carbonyl (C=O) groups excluding carboxylic acids is 3. The summed E-state index contributed by atoms with van der Waals surface area (Å²) >= 11 is 0. The van der Waals surface area contributed by atoms with Crippen molar-refractivity contribution in [1.82, 2.24) is 10.2 Å². The van der Waals surface area contributed by atoms with Gasteiger partial charge in [0, 0.05) is 24.5 Å². The Hall–Kier alpha value is -3.39. The lowest BCUT2D eigenvalue weighted by molar-refractivity contribution is -0.133. The van der Waals surface area contributed by atoms with E-state index in [0.29, 0.717) is 24.5 Å². The fourth-order valence-corrected chi connectivity index (χ4v) is 3.84. The average molecular weight is 422 g/mol. The van der Waals surface area contributed by atoms with Crippen molar-refractivity contribution in [3.8, 4) is 0 Å². The minimum atomic E-state index is -1.19. The summed E-state index contributed by atoms with van der Waals surface area (Å²) in [7, 11) is 0. The second kappa shape index (κ2) is 8.39. The van der Waals surface area contributed by atoms with Gasteiger partial charge in [0.15, 0.2) is 0 Å². The third-order valence-electron chi connectivity index (χ3n) is 5.73. The van der Waals surface area contributed by atoms with Crippen LogP contribution in [0.1, 0.15) is 18.1 Å². The number of carbonyl (C=O) groups is 3. The van der Waals surface area contributed by atoms with Gasteiger partial charge >= 0.3 is 6.03 Å². The van der Waals surface area contributed by atoms with E-state index in [4.69, 9.17) is 4.74 Å². The SMILES string of the molecule is Cc1ccc([C@@]2(C)NC(=O)N(CC(=O)Nc3ccc(N4CCOCC4)cc3)C2=O)cc1. The molecule has 2 N–H and O–H groups in total. The summed E-state index contributed by atoms with van der Waals surface area (Å²) in [6.45, 7) is 6.32. The van der Waals surface area contributed by atoms with E-state index in [1.54, 1.807) is 6.92 Å². The van der Waals surface area contributed by atoms with Crippen LogP contribution in [0.15, 0.2) is 48.5 Å². The number of aryl methyl sites for hydroxylation is 1. The molecular formula is C23H26N4O4. The number of imide groups is 1. The van der Waals surface area contributed by atoms with Gasteiger partial charge in [-0.15, -0.1) is 0 Å². The van der Waals surface area contributed by atoms with Gasteiger partial charge in [0.1, 0.15) is 12.1 Å². The van der Waals surface area contributed by atoms with Crippen LogP contribution < -0.4 is 15.5 Å². The first kappa shape index (κ1) is 20.9. The van der Waals surface area contributed by atoms with Crippen molar-refractivity contribution in [1.29, 1.82) is 0 Å². The van der Waals surface area contributed by atoms with Crippen molar-refractivity contribution in [2.75, 3.05) is 43.1 Å². The van der Waals surface area contributed by atoms with Crippen molar-refractivity contribution >= 4 is 29.2 Å². The number of benzene rings is 2. The van der Waals surface area contributed by atoms with Crippen molar-refractivity contribution in [2.45, 2.75) is 19.4 Å². The third-order valence-corrected chi connectivity index (χ3v) is 5.73. The summed E-state index contributed by atoms with van der Waals surface area (Å²) in [4.78, 5) is 41.1. The van der Waals surface area contributed by atoms with Crippen molar-refractivity contribution in [3.05, 3.63) is 59.7 Å². The van der Waals surface area contributed by atoms with E-state index in [0.717, 1.165) is 29.2 Å². The first-order valence-corrected chi connectivity index (χ1v) is 10.3. The van der Waals surface area contributed by atoms with Crippen molar-refractivity contribution in [3.63, 3.8) is 0 Å². The molecule has 0 radical (unpaired) electrons. The molecule has 2 heterocycles. The number of nitrogens with one attached hydrogen (secondary N) is 2. The molecule has 0 saturated carbocycles. The summed E-state index contributed by atoms with van der Waals surface area (Å²) < 4.78 is 5.36. The molecule has 2 aliphatic rings. The third kappa shape index (κ3) is 4.25. The fourth-order valence-electron chi connectivity index (χ4n) is 3.84. The summed E-state index contributed by atoms with van der Waals surface area (Å²) in [6, 6.07) is 14.3. The number of anilines is 2. The minimum absolute atomic E-state index is 0.350. The number of amides is 4. The molecule has 4 rings (SSSR count). The average Bonchev–Trinajstić information content (AvgIpc) is 2.99. The molecule has 2 aliphatic heterocycles. The normalized spacial score (nSPS) is 21.2. The summed E-state index contributed by atoms with van der Waals surface area (Å²) in [5.41, 5.74) is 2.21. The smallest absolute Gasteiger partial charge is 0.325 e. The number of nitrogens with zero attached hydrogens (tertiary/aromatic N) is 2. The van der Waals surface area contributed by atoms with Crippen LogP contribution >= 0.6 is 0 Å². The standard InChI is InChI=1S/C23H26N4O4/c1-16-3-5-17(6-4-16)23(2)21(29)27(22(30)25-23)15-20(28)24-18-7-9-19(10-8-18)26-11-13-31-14-12-26/h3-10H,11-15H2,1-2H3,(H,24,28)(H,25,30)/t23-/m1/s1. The van der Waals surface area contributed by atoms with E-state index in [1.165, 1.54) is 0 Å². The van der Waals surface area contributed by atoms with Gasteiger partial charge in [0.25, 0.3) is 5.91 Å². The molecule has 2 fully saturated rings. The number of ether oxygens (including phenoxy) is 1. The molecule has 162 valence electrons. The Bertz CT molecular complexity index is 984. The molecular weight excluding hydrogens is 396 g/mol. The summed E-state index contributed by atoms with van der Waals surface area (Å²) in [5.74, 6) is -0.880. The highest BCUT2D eigenvalue weighted by atomic mass is 16.5. The molecule has 31 heavy (non-hydrogen) atoms.